The average molecular weight is 431 g/mol. The van der Waals surface area contributed by atoms with Crippen molar-refractivity contribution in [2.45, 2.75) is 58.6 Å². The molecular formula is C23H34N4O2S. The lowest BCUT2D eigenvalue weighted by Crippen LogP contribution is -2.38. The molecule has 0 N–H and O–H groups in total. The summed E-state index contributed by atoms with van der Waals surface area (Å²) in [6.07, 6.45) is 6.26. The van der Waals surface area contributed by atoms with Gasteiger partial charge < -0.3 is 14.4 Å². The number of hydrogen-bond donors (Lipinski definition) is 0. The molecule has 6 nitrogen and oxygen atoms in total. The first kappa shape index (κ1) is 20.6. The van der Waals surface area contributed by atoms with E-state index in [4.69, 9.17) is 19.4 Å². The highest BCUT2D eigenvalue weighted by Gasteiger charge is 2.26. The lowest BCUT2D eigenvalue weighted by Gasteiger charge is -2.33. The Hall–Kier alpha value is -1.28. The van der Waals surface area contributed by atoms with Gasteiger partial charge in [-0.1, -0.05) is 0 Å². The van der Waals surface area contributed by atoms with E-state index in [1.54, 1.807) is 0 Å². The summed E-state index contributed by atoms with van der Waals surface area (Å²) in [4.78, 5) is 17.6. The Morgan fingerprint density at radius 1 is 1.07 bits per heavy atom. The fraction of sp³-hybridized carbons (Fsp3) is 0.739. The summed E-state index contributed by atoms with van der Waals surface area (Å²) in [5.74, 6) is 2.73. The van der Waals surface area contributed by atoms with Crippen LogP contribution in [-0.4, -0.2) is 67.0 Å². The van der Waals surface area contributed by atoms with Gasteiger partial charge in [-0.25, -0.2) is 9.97 Å². The van der Waals surface area contributed by atoms with Gasteiger partial charge in [-0.2, -0.15) is 0 Å². The topological polar surface area (TPSA) is 50.7 Å². The number of rotatable bonds is 6. The van der Waals surface area contributed by atoms with E-state index in [-0.39, 0.29) is 0 Å². The highest BCUT2D eigenvalue weighted by molar-refractivity contribution is 7.18. The molecule has 3 aliphatic heterocycles. The van der Waals surface area contributed by atoms with Crippen LogP contribution in [0.4, 0.5) is 5.82 Å². The van der Waals surface area contributed by atoms with Crippen LogP contribution >= 0.6 is 11.3 Å². The van der Waals surface area contributed by atoms with Crippen LogP contribution < -0.4 is 4.90 Å². The molecule has 1 atom stereocenters. The van der Waals surface area contributed by atoms with Crippen LogP contribution in [0.5, 0.6) is 0 Å². The fourth-order valence-corrected chi connectivity index (χ4v) is 5.98. The lowest BCUT2D eigenvalue weighted by atomic mass is 10.1. The Morgan fingerprint density at radius 3 is 2.60 bits per heavy atom. The van der Waals surface area contributed by atoms with E-state index >= 15 is 0 Å². The summed E-state index contributed by atoms with van der Waals surface area (Å²) in [6, 6.07) is 0. The Labute approximate surface area is 183 Å². The minimum Gasteiger partial charge on any atom is -0.381 e. The Kier molecular flexibility index (Phi) is 6.23. The van der Waals surface area contributed by atoms with Gasteiger partial charge in [0.05, 0.1) is 31.2 Å². The maximum atomic E-state index is 6.23. The molecule has 2 aromatic rings. The summed E-state index contributed by atoms with van der Waals surface area (Å²) < 4.78 is 11.7. The van der Waals surface area contributed by atoms with E-state index in [0.717, 1.165) is 75.2 Å². The van der Waals surface area contributed by atoms with E-state index in [2.05, 4.69) is 23.6 Å². The Bertz CT molecular complexity index is 866. The monoisotopic (exact) mass is 430 g/mol. The molecule has 7 heteroatoms. The molecule has 5 heterocycles. The first-order chi connectivity index (χ1) is 14.7. The van der Waals surface area contributed by atoms with Crippen LogP contribution in [0.15, 0.2) is 0 Å². The zero-order chi connectivity index (χ0) is 20.5. The molecule has 2 aromatic heterocycles. The summed E-state index contributed by atoms with van der Waals surface area (Å²) in [7, 11) is 0. The molecule has 0 saturated carbocycles. The van der Waals surface area contributed by atoms with E-state index in [9.17, 15) is 0 Å². The SMILES string of the molecule is Cc1sc2nc(CN3CCCC3)nc(N3CCC(OCC4CCOC4)CC3)c2c1C. The molecule has 1 unspecified atom stereocenters. The van der Waals surface area contributed by atoms with E-state index in [1.165, 1.54) is 41.8 Å². The van der Waals surface area contributed by atoms with Crippen molar-refractivity contribution in [3.8, 4) is 0 Å². The molecule has 0 spiro atoms. The average Bonchev–Trinajstić information content (AvgIpc) is 3.50. The fourth-order valence-electron chi connectivity index (χ4n) is 4.93. The molecule has 164 valence electrons. The molecule has 3 aliphatic rings. The van der Waals surface area contributed by atoms with E-state index in [0.29, 0.717) is 12.0 Å². The van der Waals surface area contributed by atoms with Gasteiger partial charge in [0.15, 0.2) is 0 Å². The Balaban J connectivity index is 1.31. The van der Waals surface area contributed by atoms with E-state index in [1.807, 2.05) is 11.3 Å². The van der Waals surface area contributed by atoms with Gasteiger partial charge in [-0.05, 0) is 64.6 Å². The smallest absolute Gasteiger partial charge is 0.146 e. The van der Waals surface area contributed by atoms with Gasteiger partial charge in [0.1, 0.15) is 16.5 Å². The molecule has 3 saturated heterocycles. The molecule has 5 rings (SSSR count). The van der Waals surface area contributed by atoms with Crippen LogP contribution in [0.3, 0.4) is 0 Å². The van der Waals surface area contributed by atoms with E-state index < -0.39 is 0 Å². The standard InChI is InChI=1S/C23H34N4O2S/c1-16-17(2)30-23-21(16)22(24-20(25-23)13-26-8-3-4-9-26)27-10-5-19(6-11-27)29-15-18-7-12-28-14-18/h18-19H,3-15H2,1-2H3. The number of ether oxygens (including phenoxy) is 2. The molecule has 0 radical (unpaired) electrons. The first-order valence-electron chi connectivity index (χ1n) is 11.6. The number of hydrogen-bond acceptors (Lipinski definition) is 7. The third-order valence-corrected chi connectivity index (χ3v) is 8.05. The number of thiophene rings is 1. The molecule has 0 aliphatic carbocycles. The van der Waals surface area contributed by atoms with Crippen LogP contribution in [0.1, 0.15) is 48.4 Å². The number of fused-ring (bicyclic) bond motifs is 1. The highest BCUT2D eigenvalue weighted by atomic mass is 32.1. The van der Waals surface area contributed by atoms with Crippen molar-refractivity contribution in [3.63, 3.8) is 0 Å². The van der Waals surface area contributed by atoms with Crippen molar-refractivity contribution in [2.75, 3.05) is 50.9 Å². The van der Waals surface area contributed by atoms with Crippen molar-refractivity contribution in [1.29, 1.82) is 0 Å². The largest absolute Gasteiger partial charge is 0.381 e. The van der Waals surface area contributed by atoms with Crippen molar-refractivity contribution in [1.82, 2.24) is 14.9 Å². The predicted molar refractivity (Wildman–Crippen MR) is 122 cm³/mol. The van der Waals surface area contributed by atoms with Gasteiger partial charge in [0, 0.05) is 30.5 Å². The zero-order valence-corrected chi connectivity index (χ0v) is 19.2. The summed E-state index contributed by atoms with van der Waals surface area (Å²) >= 11 is 1.82. The second-order valence-electron chi connectivity index (χ2n) is 9.16. The summed E-state index contributed by atoms with van der Waals surface area (Å²) in [5.41, 5.74) is 1.34. The molecule has 0 aromatic carbocycles. The zero-order valence-electron chi connectivity index (χ0n) is 18.4. The summed E-state index contributed by atoms with van der Waals surface area (Å²) in [6.45, 7) is 12.3. The number of aryl methyl sites for hydroxylation is 2. The maximum Gasteiger partial charge on any atom is 0.146 e. The van der Waals surface area contributed by atoms with Gasteiger partial charge in [-0.15, -0.1) is 11.3 Å². The molecule has 30 heavy (non-hydrogen) atoms. The van der Waals surface area contributed by atoms with Crippen LogP contribution in [0, 0.1) is 19.8 Å². The van der Waals surface area contributed by atoms with Crippen molar-refractivity contribution >= 4 is 27.4 Å². The van der Waals surface area contributed by atoms with Gasteiger partial charge in [0.2, 0.25) is 0 Å². The number of likely N-dealkylation sites (tertiary alicyclic amines) is 1. The molecule has 3 fully saturated rings. The number of aromatic nitrogens is 2. The molecule has 0 amide bonds. The minimum atomic E-state index is 0.369. The van der Waals surface area contributed by atoms with Gasteiger partial charge in [0.25, 0.3) is 0 Å². The number of anilines is 1. The minimum absolute atomic E-state index is 0.369. The van der Waals surface area contributed by atoms with Crippen molar-refractivity contribution < 1.29 is 9.47 Å². The lowest BCUT2D eigenvalue weighted by molar-refractivity contribution is 0.0131. The van der Waals surface area contributed by atoms with Crippen LogP contribution in [-0.2, 0) is 16.0 Å². The number of piperidine rings is 1. The van der Waals surface area contributed by atoms with Crippen LogP contribution in [0.2, 0.25) is 0 Å². The first-order valence-corrected chi connectivity index (χ1v) is 12.4. The second-order valence-corrected chi connectivity index (χ2v) is 10.4. The quantitative estimate of drug-likeness (QED) is 0.692. The third-order valence-electron chi connectivity index (χ3n) is 6.95. The molecular weight excluding hydrogens is 396 g/mol. The van der Waals surface area contributed by atoms with Gasteiger partial charge in [-0.3, -0.25) is 4.90 Å². The second kappa shape index (κ2) is 9.07. The highest BCUT2D eigenvalue weighted by Crippen LogP contribution is 2.36. The van der Waals surface area contributed by atoms with Crippen LogP contribution in [0.25, 0.3) is 10.2 Å². The number of nitrogens with zero attached hydrogens (tertiary/aromatic N) is 4. The Morgan fingerprint density at radius 2 is 1.87 bits per heavy atom. The predicted octanol–water partition coefficient (Wildman–Crippen LogP) is 3.93. The normalized spacial score (nSPS) is 23.8. The van der Waals surface area contributed by atoms with Crippen molar-refractivity contribution in [2.24, 2.45) is 5.92 Å². The molecule has 0 bridgehead atoms. The third kappa shape index (κ3) is 4.35. The van der Waals surface area contributed by atoms with Crippen molar-refractivity contribution in [3.05, 3.63) is 16.3 Å². The maximum absolute atomic E-state index is 6.23. The van der Waals surface area contributed by atoms with Gasteiger partial charge >= 0.3 is 0 Å². The summed E-state index contributed by atoms with van der Waals surface area (Å²) in [5, 5.41) is 1.27.